The molecule has 0 saturated carbocycles. The minimum Gasteiger partial charge on any atom is -0.469 e. The Morgan fingerprint density at radius 2 is 2.28 bits per heavy atom. The maximum atomic E-state index is 5.71. The van der Waals surface area contributed by atoms with Crippen LogP contribution in [0.25, 0.3) is 0 Å². The zero-order valence-corrected chi connectivity index (χ0v) is 10.9. The van der Waals surface area contributed by atoms with Gasteiger partial charge in [0.25, 0.3) is 0 Å². The number of hydrogen-bond donors (Lipinski definition) is 2. The van der Waals surface area contributed by atoms with Crippen molar-refractivity contribution in [3.63, 3.8) is 0 Å². The number of hydrogen-bond acceptors (Lipinski definition) is 4. The van der Waals surface area contributed by atoms with E-state index >= 15 is 0 Å². The monoisotopic (exact) mass is 248 g/mol. The molecular formula is C13H20N4O. The van der Waals surface area contributed by atoms with E-state index in [2.05, 4.69) is 24.4 Å². The molecule has 2 heterocycles. The third-order valence-corrected chi connectivity index (χ3v) is 3.06. The molecule has 2 aromatic heterocycles. The summed E-state index contributed by atoms with van der Waals surface area (Å²) in [6.07, 6.45) is 5.40. The Balaban J connectivity index is 2.36. The van der Waals surface area contributed by atoms with E-state index in [0.29, 0.717) is 0 Å². The highest BCUT2D eigenvalue weighted by molar-refractivity contribution is 5.29. The van der Waals surface area contributed by atoms with Crippen LogP contribution in [-0.4, -0.2) is 9.78 Å². The van der Waals surface area contributed by atoms with E-state index in [1.807, 2.05) is 16.8 Å². The fourth-order valence-electron chi connectivity index (χ4n) is 2.22. The normalized spacial score (nSPS) is 12.8. The summed E-state index contributed by atoms with van der Waals surface area (Å²) in [4.78, 5) is 0. The maximum Gasteiger partial charge on any atom is 0.108 e. The summed E-state index contributed by atoms with van der Waals surface area (Å²) >= 11 is 0. The van der Waals surface area contributed by atoms with Crippen LogP contribution in [0.15, 0.2) is 29.0 Å². The highest BCUT2D eigenvalue weighted by Gasteiger charge is 2.21. The van der Waals surface area contributed by atoms with Crippen molar-refractivity contribution in [3.05, 3.63) is 41.6 Å². The van der Waals surface area contributed by atoms with Crippen molar-refractivity contribution in [1.82, 2.24) is 15.2 Å². The van der Waals surface area contributed by atoms with Crippen LogP contribution in [0.2, 0.25) is 0 Å². The lowest BCUT2D eigenvalue weighted by Crippen LogP contribution is -2.31. The molecule has 0 spiro atoms. The van der Waals surface area contributed by atoms with Crippen LogP contribution in [0.4, 0.5) is 0 Å². The number of aryl methyl sites for hydroxylation is 2. The van der Waals surface area contributed by atoms with Crippen LogP contribution in [0.3, 0.4) is 0 Å². The van der Waals surface area contributed by atoms with Gasteiger partial charge in [0.2, 0.25) is 0 Å². The van der Waals surface area contributed by atoms with E-state index in [1.54, 1.807) is 12.5 Å². The van der Waals surface area contributed by atoms with Crippen molar-refractivity contribution < 1.29 is 4.42 Å². The molecule has 0 fully saturated rings. The quantitative estimate of drug-likeness (QED) is 0.606. The largest absolute Gasteiger partial charge is 0.469 e. The van der Waals surface area contributed by atoms with Crippen LogP contribution in [0.1, 0.15) is 43.3 Å². The van der Waals surface area contributed by atoms with E-state index < -0.39 is 0 Å². The van der Waals surface area contributed by atoms with Crippen molar-refractivity contribution in [1.29, 1.82) is 0 Å². The van der Waals surface area contributed by atoms with Crippen molar-refractivity contribution in [2.45, 2.75) is 39.3 Å². The molecule has 0 bridgehead atoms. The second-order valence-electron chi connectivity index (χ2n) is 4.23. The summed E-state index contributed by atoms with van der Waals surface area (Å²) in [7, 11) is 0. The second-order valence-corrected chi connectivity index (χ2v) is 4.23. The number of nitrogens with zero attached hydrogens (tertiary/aromatic N) is 2. The molecule has 98 valence electrons. The Hall–Kier alpha value is -1.59. The van der Waals surface area contributed by atoms with Crippen LogP contribution >= 0.6 is 0 Å². The minimum atomic E-state index is -0.0762. The minimum absolute atomic E-state index is 0.0762. The molecule has 0 amide bonds. The van der Waals surface area contributed by atoms with Gasteiger partial charge in [-0.1, -0.05) is 13.8 Å². The molecule has 0 radical (unpaired) electrons. The van der Waals surface area contributed by atoms with E-state index in [4.69, 9.17) is 10.3 Å². The molecule has 1 unspecified atom stereocenters. The Labute approximate surface area is 107 Å². The van der Waals surface area contributed by atoms with E-state index in [9.17, 15) is 0 Å². The number of furan rings is 1. The molecule has 0 aliphatic rings. The van der Waals surface area contributed by atoms with Crippen molar-refractivity contribution in [3.8, 4) is 0 Å². The highest BCUT2D eigenvalue weighted by Crippen LogP contribution is 2.25. The van der Waals surface area contributed by atoms with Crippen LogP contribution in [0, 0.1) is 0 Å². The Morgan fingerprint density at radius 1 is 1.44 bits per heavy atom. The Kier molecular flexibility index (Phi) is 4.17. The molecule has 0 aliphatic heterocycles. The second kappa shape index (κ2) is 5.84. The zero-order valence-electron chi connectivity index (χ0n) is 10.9. The standard InChI is InChI=1S/C13H20N4O/c1-3-8-17-11(5-7-15-17)13(16-14)10-6-9-18-12(10)4-2/h5-7,9,13,16H,3-4,8,14H2,1-2H3. The van der Waals surface area contributed by atoms with E-state index in [-0.39, 0.29) is 6.04 Å². The molecule has 5 nitrogen and oxygen atoms in total. The lowest BCUT2D eigenvalue weighted by Gasteiger charge is -2.17. The molecule has 2 rings (SSSR count). The van der Waals surface area contributed by atoms with Gasteiger partial charge in [0.15, 0.2) is 0 Å². The summed E-state index contributed by atoms with van der Waals surface area (Å²) in [5.41, 5.74) is 5.01. The molecule has 0 aliphatic carbocycles. The van der Waals surface area contributed by atoms with Crippen molar-refractivity contribution in [2.75, 3.05) is 0 Å². The van der Waals surface area contributed by atoms with E-state index in [0.717, 1.165) is 36.4 Å². The fourth-order valence-corrected chi connectivity index (χ4v) is 2.22. The van der Waals surface area contributed by atoms with Gasteiger partial charge in [-0.3, -0.25) is 10.5 Å². The SMILES string of the molecule is CCCn1nccc1C(NN)c1ccoc1CC. The van der Waals surface area contributed by atoms with Gasteiger partial charge in [0.1, 0.15) is 5.76 Å². The first-order valence-electron chi connectivity index (χ1n) is 6.35. The third-order valence-electron chi connectivity index (χ3n) is 3.06. The number of hydrazine groups is 1. The molecule has 1 atom stereocenters. The summed E-state index contributed by atoms with van der Waals surface area (Å²) in [5, 5.41) is 4.33. The molecule has 5 heteroatoms. The van der Waals surface area contributed by atoms with E-state index in [1.165, 1.54) is 0 Å². The average molecular weight is 248 g/mol. The van der Waals surface area contributed by atoms with Gasteiger partial charge in [-0.25, -0.2) is 5.43 Å². The summed E-state index contributed by atoms with van der Waals surface area (Å²) < 4.78 is 7.45. The van der Waals surface area contributed by atoms with Gasteiger partial charge < -0.3 is 4.42 Å². The number of nitrogens with two attached hydrogens (primary N) is 1. The third kappa shape index (κ3) is 2.32. The first-order valence-corrected chi connectivity index (χ1v) is 6.35. The average Bonchev–Trinajstić information content (AvgIpc) is 3.01. The highest BCUT2D eigenvalue weighted by atomic mass is 16.3. The molecule has 0 saturated heterocycles. The Bertz CT molecular complexity index is 489. The van der Waals surface area contributed by atoms with Gasteiger partial charge >= 0.3 is 0 Å². The van der Waals surface area contributed by atoms with Gasteiger partial charge in [0, 0.05) is 24.7 Å². The van der Waals surface area contributed by atoms with Gasteiger partial charge in [0.05, 0.1) is 18.0 Å². The predicted molar refractivity (Wildman–Crippen MR) is 69.8 cm³/mol. The summed E-state index contributed by atoms with van der Waals surface area (Å²) in [5.74, 6) is 6.67. The molecule has 0 aromatic carbocycles. The predicted octanol–water partition coefficient (Wildman–Crippen LogP) is 2.00. The van der Waals surface area contributed by atoms with Crippen molar-refractivity contribution in [2.24, 2.45) is 5.84 Å². The van der Waals surface area contributed by atoms with Crippen LogP contribution in [0.5, 0.6) is 0 Å². The topological polar surface area (TPSA) is 69.0 Å². The summed E-state index contributed by atoms with van der Waals surface area (Å²) in [6.45, 7) is 5.09. The molecule has 18 heavy (non-hydrogen) atoms. The number of nitrogens with one attached hydrogen (secondary N) is 1. The first kappa shape index (κ1) is 12.9. The van der Waals surface area contributed by atoms with Crippen molar-refractivity contribution >= 4 is 0 Å². The maximum absolute atomic E-state index is 5.71. The lowest BCUT2D eigenvalue weighted by atomic mass is 10.0. The van der Waals surface area contributed by atoms with Gasteiger partial charge in [-0.05, 0) is 18.6 Å². The molecular weight excluding hydrogens is 228 g/mol. The number of rotatable bonds is 6. The van der Waals surface area contributed by atoms with Crippen LogP contribution < -0.4 is 11.3 Å². The first-order chi connectivity index (χ1) is 8.81. The zero-order chi connectivity index (χ0) is 13.0. The molecule has 2 aromatic rings. The molecule has 3 N–H and O–H groups in total. The Morgan fingerprint density at radius 3 is 2.94 bits per heavy atom. The summed E-state index contributed by atoms with van der Waals surface area (Å²) in [6, 6.07) is 3.88. The number of aromatic nitrogens is 2. The van der Waals surface area contributed by atoms with Gasteiger partial charge in [-0.15, -0.1) is 0 Å². The lowest BCUT2D eigenvalue weighted by molar-refractivity contribution is 0.487. The fraction of sp³-hybridized carbons (Fsp3) is 0.462. The van der Waals surface area contributed by atoms with Crippen LogP contribution in [-0.2, 0) is 13.0 Å². The smallest absolute Gasteiger partial charge is 0.108 e. The van der Waals surface area contributed by atoms with Gasteiger partial charge in [-0.2, -0.15) is 5.10 Å².